The molecule has 1 N–H and O–H groups in total. The summed E-state index contributed by atoms with van der Waals surface area (Å²) in [5.74, 6) is 0.267. The number of rotatable bonds is 4. The lowest BCUT2D eigenvalue weighted by Crippen LogP contribution is -2.32. The second-order valence-corrected chi connectivity index (χ2v) is 6.29. The van der Waals surface area contributed by atoms with Crippen molar-refractivity contribution in [2.75, 3.05) is 13.7 Å². The van der Waals surface area contributed by atoms with Gasteiger partial charge >= 0.3 is 5.97 Å². The number of thioether (sulfide) groups is 1. The fraction of sp³-hybridized carbons (Fsp3) is 0.467. The molecule has 2 unspecified atom stereocenters. The molecule has 0 aliphatic carbocycles. The number of carbonyl (C=O) groups is 1. The Bertz CT molecular complexity index is 488. The van der Waals surface area contributed by atoms with Crippen molar-refractivity contribution >= 4 is 22.9 Å². The molecule has 0 aromatic heterocycles. The lowest BCUT2D eigenvalue weighted by molar-refractivity contribution is -0.142. The van der Waals surface area contributed by atoms with Crippen LogP contribution in [-0.4, -0.2) is 30.0 Å². The first-order valence-corrected chi connectivity index (χ1v) is 7.60. The summed E-state index contributed by atoms with van der Waals surface area (Å²) >= 11 is 1.70. The largest absolute Gasteiger partial charge is 0.467 e. The van der Waals surface area contributed by atoms with Crippen LogP contribution in [0.25, 0.3) is 0 Å². The minimum Gasteiger partial charge on any atom is -0.467 e. The number of hydrogen-bond acceptors (Lipinski definition) is 5. The molecule has 0 amide bonds. The highest BCUT2D eigenvalue weighted by Gasteiger charge is 2.28. The number of benzene rings is 1. The molecule has 0 saturated carbocycles. The summed E-state index contributed by atoms with van der Waals surface area (Å²) in [5.41, 5.74) is 0.885. The van der Waals surface area contributed by atoms with Crippen LogP contribution in [0.5, 0.6) is 0 Å². The van der Waals surface area contributed by atoms with E-state index in [0.717, 1.165) is 17.3 Å². The van der Waals surface area contributed by atoms with Gasteiger partial charge < -0.3 is 10.1 Å². The number of esters is 1. The summed E-state index contributed by atoms with van der Waals surface area (Å²) in [6, 6.07) is 9.07. The molecule has 0 spiro atoms. The van der Waals surface area contributed by atoms with E-state index in [1.165, 1.54) is 7.11 Å². The fourth-order valence-electron chi connectivity index (χ4n) is 1.98. The van der Waals surface area contributed by atoms with Gasteiger partial charge in [-0.15, -0.1) is 0 Å². The third kappa shape index (κ3) is 3.54. The van der Waals surface area contributed by atoms with E-state index in [1.807, 2.05) is 30.3 Å². The monoisotopic (exact) mass is 292 g/mol. The predicted octanol–water partition coefficient (Wildman–Crippen LogP) is 2.62. The van der Waals surface area contributed by atoms with E-state index in [2.05, 4.69) is 24.2 Å². The molecular weight excluding hydrogens is 272 g/mol. The highest BCUT2D eigenvalue weighted by molar-refractivity contribution is 8.14. The number of carbonyl (C=O) groups excluding carboxylic acids is 1. The van der Waals surface area contributed by atoms with E-state index < -0.39 is 6.04 Å². The van der Waals surface area contributed by atoms with Crippen LogP contribution < -0.4 is 5.32 Å². The number of amidine groups is 1. The molecule has 0 bridgehead atoms. The molecule has 1 heterocycles. The van der Waals surface area contributed by atoms with Crippen LogP contribution in [0.15, 0.2) is 35.3 Å². The molecule has 0 fully saturated rings. The topological polar surface area (TPSA) is 50.7 Å². The Hall–Kier alpha value is -1.49. The summed E-state index contributed by atoms with van der Waals surface area (Å²) < 4.78 is 4.89. The Balaban J connectivity index is 2.09. The second kappa shape index (κ2) is 6.79. The van der Waals surface area contributed by atoms with Gasteiger partial charge in [-0.1, -0.05) is 55.9 Å². The number of methoxy groups -OCH3 is 1. The first-order valence-electron chi connectivity index (χ1n) is 6.72. The highest BCUT2D eigenvalue weighted by Crippen LogP contribution is 2.27. The van der Waals surface area contributed by atoms with Gasteiger partial charge in [-0.2, -0.15) is 0 Å². The van der Waals surface area contributed by atoms with E-state index in [-0.39, 0.29) is 5.97 Å². The van der Waals surface area contributed by atoms with Gasteiger partial charge in [-0.05, 0) is 11.5 Å². The summed E-state index contributed by atoms with van der Waals surface area (Å²) in [6.07, 6.45) is 0. The van der Waals surface area contributed by atoms with Gasteiger partial charge in [0.15, 0.2) is 11.2 Å². The SMILES string of the molecule is COC(=O)C(NC1=NCC(C(C)C)S1)c1ccccc1. The molecule has 5 heteroatoms. The number of nitrogens with zero attached hydrogens (tertiary/aromatic N) is 1. The minimum atomic E-state index is -0.502. The molecule has 1 aliphatic rings. The standard InChI is InChI=1S/C15H20N2O2S/c1-10(2)12-9-16-15(20-12)17-13(14(18)19-3)11-7-5-4-6-8-11/h4-8,10,12-13H,9H2,1-3H3,(H,16,17). The van der Waals surface area contributed by atoms with Crippen molar-refractivity contribution in [3.05, 3.63) is 35.9 Å². The molecular formula is C15H20N2O2S. The van der Waals surface area contributed by atoms with Gasteiger partial charge in [0.1, 0.15) is 0 Å². The Morgan fingerprint density at radius 2 is 2.10 bits per heavy atom. The Kier molecular flexibility index (Phi) is 5.06. The maximum Gasteiger partial charge on any atom is 0.333 e. The van der Waals surface area contributed by atoms with Crippen molar-refractivity contribution in [1.29, 1.82) is 0 Å². The van der Waals surface area contributed by atoms with Gasteiger partial charge in [0.05, 0.1) is 13.7 Å². The summed E-state index contributed by atoms with van der Waals surface area (Å²) in [7, 11) is 1.40. The van der Waals surface area contributed by atoms with Crippen molar-refractivity contribution in [2.45, 2.75) is 25.1 Å². The van der Waals surface area contributed by atoms with Crippen molar-refractivity contribution in [3.8, 4) is 0 Å². The average Bonchev–Trinajstić information content (AvgIpc) is 2.94. The Morgan fingerprint density at radius 3 is 2.65 bits per heavy atom. The molecule has 1 aromatic rings. The van der Waals surface area contributed by atoms with Crippen LogP contribution in [-0.2, 0) is 9.53 Å². The molecule has 4 nitrogen and oxygen atoms in total. The van der Waals surface area contributed by atoms with E-state index in [1.54, 1.807) is 11.8 Å². The summed E-state index contributed by atoms with van der Waals surface area (Å²) in [6.45, 7) is 5.17. The van der Waals surface area contributed by atoms with E-state index in [0.29, 0.717) is 11.2 Å². The van der Waals surface area contributed by atoms with Gasteiger partial charge in [0, 0.05) is 5.25 Å². The summed E-state index contributed by atoms with van der Waals surface area (Å²) in [5, 5.41) is 4.51. The van der Waals surface area contributed by atoms with E-state index in [4.69, 9.17) is 4.74 Å². The number of hydrogen-bond donors (Lipinski definition) is 1. The van der Waals surface area contributed by atoms with Crippen molar-refractivity contribution in [3.63, 3.8) is 0 Å². The zero-order valence-electron chi connectivity index (χ0n) is 12.0. The van der Waals surface area contributed by atoms with Crippen LogP contribution >= 0.6 is 11.8 Å². The van der Waals surface area contributed by atoms with Gasteiger partial charge in [-0.25, -0.2) is 4.79 Å². The normalized spacial score (nSPS) is 19.6. The Morgan fingerprint density at radius 1 is 1.40 bits per heavy atom. The van der Waals surface area contributed by atoms with Crippen LogP contribution in [0, 0.1) is 5.92 Å². The van der Waals surface area contributed by atoms with Gasteiger partial charge in [0.25, 0.3) is 0 Å². The average molecular weight is 292 g/mol. The number of aliphatic imine (C=N–C) groups is 1. The van der Waals surface area contributed by atoms with Gasteiger partial charge in [0.2, 0.25) is 0 Å². The Labute approximate surface area is 124 Å². The highest BCUT2D eigenvalue weighted by atomic mass is 32.2. The molecule has 20 heavy (non-hydrogen) atoms. The quantitative estimate of drug-likeness (QED) is 0.867. The number of ether oxygens (including phenoxy) is 1. The first-order chi connectivity index (χ1) is 9.61. The van der Waals surface area contributed by atoms with E-state index in [9.17, 15) is 4.79 Å². The van der Waals surface area contributed by atoms with Crippen LogP contribution in [0.4, 0.5) is 0 Å². The molecule has 2 atom stereocenters. The zero-order valence-corrected chi connectivity index (χ0v) is 12.8. The van der Waals surface area contributed by atoms with Crippen molar-refractivity contribution < 1.29 is 9.53 Å². The molecule has 2 rings (SSSR count). The molecule has 1 aromatic carbocycles. The van der Waals surface area contributed by atoms with Crippen LogP contribution in [0.3, 0.4) is 0 Å². The maximum absolute atomic E-state index is 12.0. The summed E-state index contributed by atoms with van der Waals surface area (Å²) in [4.78, 5) is 16.4. The smallest absolute Gasteiger partial charge is 0.333 e. The van der Waals surface area contributed by atoms with Crippen molar-refractivity contribution in [2.24, 2.45) is 10.9 Å². The minimum absolute atomic E-state index is 0.299. The van der Waals surface area contributed by atoms with Gasteiger partial charge in [-0.3, -0.25) is 4.99 Å². The van der Waals surface area contributed by atoms with Crippen molar-refractivity contribution in [1.82, 2.24) is 5.32 Å². The predicted molar refractivity (Wildman–Crippen MR) is 82.9 cm³/mol. The number of nitrogens with one attached hydrogen (secondary N) is 1. The lowest BCUT2D eigenvalue weighted by atomic mass is 10.1. The maximum atomic E-state index is 12.0. The lowest BCUT2D eigenvalue weighted by Gasteiger charge is -2.18. The second-order valence-electron chi connectivity index (χ2n) is 5.06. The van der Waals surface area contributed by atoms with E-state index >= 15 is 0 Å². The third-order valence-electron chi connectivity index (χ3n) is 3.26. The fourth-order valence-corrected chi connectivity index (χ4v) is 3.03. The molecule has 0 radical (unpaired) electrons. The van der Waals surface area contributed by atoms with Crippen LogP contribution in [0.2, 0.25) is 0 Å². The molecule has 0 saturated heterocycles. The molecule has 1 aliphatic heterocycles. The van der Waals surface area contributed by atoms with Crippen LogP contribution in [0.1, 0.15) is 25.5 Å². The third-order valence-corrected chi connectivity index (χ3v) is 4.73. The molecule has 108 valence electrons. The zero-order chi connectivity index (χ0) is 14.5. The first kappa shape index (κ1) is 14.9.